The number of benzene rings is 2. The Morgan fingerprint density at radius 3 is 2.17 bits per heavy atom. The first-order chi connectivity index (χ1) is 13.5. The Morgan fingerprint density at radius 2 is 1.66 bits per heavy atom. The van der Waals surface area contributed by atoms with Crippen LogP contribution in [0.3, 0.4) is 0 Å². The topological polar surface area (TPSA) is 84.9 Å². The molecule has 29 heavy (non-hydrogen) atoms. The van der Waals surface area contributed by atoms with Crippen molar-refractivity contribution in [1.82, 2.24) is 5.32 Å². The van der Waals surface area contributed by atoms with Gasteiger partial charge in [-0.2, -0.15) is 0 Å². The molecule has 8 heteroatoms. The van der Waals surface area contributed by atoms with E-state index < -0.39 is 28.0 Å². The zero-order valence-electron chi connectivity index (χ0n) is 17.6. The number of nitrogens with zero attached hydrogens (tertiary/aromatic N) is 1. The normalized spacial score (nSPS) is 11.7. The van der Waals surface area contributed by atoms with Crippen LogP contribution >= 0.6 is 0 Å². The minimum absolute atomic E-state index is 0.0875. The summed E-state index contributed by atoms with van der Waals surface area (Å²) in [5, 5.41) is 2.80. The van der Waals surface area contributed by atoms with E-state index in [1.165, 1.54) is 26.4 Å². The monoisotopic (exact) mass is 420 g/mol. The molecule has 0 bridgehead atoms. The van der Waals surface area contributed by atoms with Gasteiger partial charge in [0.15, 0.2) is 0 Å². The van der Waals surface area contributed by atoms with Crippen LogP contribution in [-0.2, 0) is 14.8 Å². The second-order valence-corrected chi connectivity index (χ2v) is 9.52. The van der Waals surface area contributed by atoms with Gasteiger partial charge in [0.1, 0.15) is 18.0 Å². The van der Waals surface area contributed by atoms with E-state index in [0.29, 0.717) is 5.75 Å². The molecular weight excluding hydrogens is 392 g/mol. The van der Waals surface area contributed by atoms with Crippen LogP contribution in [0.4, 0.5) is 5.69 Å². The molecule has 0 spiro atoms. The molecule has 0 fully saturated rings. The second kappa shape index (κ2) is 8.73. The van der Waals surface area contributed by atoms with Gasteiger partial charge in [-0.15, -0.1) is 0 Å². The van der Waals surface area contributed by atoms with E-state index >= 15 is 0 Å². The highest BCUT2D eigenvalue weighted by atomic mass is 32.2. The molecule has 0 aromatic heterocycles. The number of sulfonamides is 1. The van der Waals surface area contributed by atoms with Crippen molar-refractivity contribution in [2.75, 3.05) is 25.1 Å². The number of nitrogens with one attached hydrogen (secondary N) is 1. The molecule has 158 valence electrons. The number of carbonyl (C=O) groups excluding carboxylic acids is 1. The third kappa shape index (κ3) is 5.63. The lowest BCUT2D eigenvalue weighted by atomic mass is 10.1. The summed E-state index contributed by atoms with van der Waals surface area (Å²) in [6, 6.07) is 11.2. The molecule has 0 radical (unpaired) electrons. The van der Waals surface area contributed by atoms with Crippen molar-refractivity contribution in [3.8, 4) is 11.5 Å². The van der Waals surface area contributed by atoms with Gasteiger partial charge >= 0.3 is 0 Å². The highest BCUT2D eigenvalue weighted by Crippen LogP contribution is 2.35. The number of aryl methyl sites for hydroxylation is 1. The van der Waals surface area contributed by atoms with Crippen molar-refractivity contribution in [3.05, 3.63) is 48.0 Å². The average Bonchev–Trinajstić information content (AvgIpc) is 2.64. The van der Waals surface area contributed by atoms with Crippen molar-refractivity contribution in [2.24, 2.45) is 0 Å². The van der Waals surface area contributed by atoms with Crippen LogP contribution in [-0.4, -0.2) is 40.6 Å². The molecule has 7 nitrogen and oxygen atoms in total. The molecule has 0 heterocycles. The number of carbonyl (C=O) groups is 1. The fourth-order valence-electron chi connectivity index (χ4n) is 2.72. The van der Waals surface area contributed by atoms with Gasteiger partial charge in [-0.25, -0.2) is 8.42 Å². The molecular formula is C21H28N2O5S. The van der Waals surface area contributed by atoms with Crippen LogP contribution in [0.25, 0.3) is 0 Å². The fourth-order valence-corrected chi connectivity index (χ4v) is 4.15. The van der Waals surface area contributed by atoms with Crippen LogP contribution in [0.1, 0.15) is 26.3 Å². The van der Waals surface area contributed by atoms with E-state index in [1.807, 2.05) is 27.7 Å². The van der Waals surface area contributed by atoms with Crippen LogP contribution in [0.2, 0.25) is 0 Å². The fraction of sp³-hybridized carbons (Fsp3) is 0.381. The Balaban J connectivity index is 2.57. The minimum atomic E-state index is -4.02. The van der Waals surface area contributed by atoms with E-state index in [-0.39, 0.29) is 16.3 Å². The Labute approximate surface area is 172 Å². The summed E-state index contributed by atoms with van der Waals surface area (Å²) < 4.78 is 38.5. The second-order valence-electron chi connectivity index (χ2n) is 7.66. The summed E-state index contributed by atoms with van der Waals surface area (Å²) >= 11 is 0. The lowest BCUT2D eigenvalue weighted by molar-refractivity contribution is -0.121. The van der Waals surface area contributed by atoms with E-state index in [1.54, 1.807) is 30.3 Å². The zero-order chi connectivity index (χ0) is 21.8. The largest absolute Gasteiger partial charge is 0.497 e. The van der Waals surface area contributed by atoms with Gasteiger partial charge in [0.25, 0.3) is 10.0 Å². The number of methoxy groups -OCH3 is 2. The minimum Gasteiger partial charge on any atom is -0.497 e. The first-order valence-corrected chi connectivity index (χ1v) is 10.5. The summed E-state index contributed by atoms with van der Waals surface area (Å²) in [5.41, 5.74) is 0.682. The maximum Gasteiger partial charge on any atom is 0.264 e. The summed E-state index contributed by atoms with van der Waals surface area (Å²) in [6.07, 6.45) is 0. The number of rotatable bonds is 7. The third-order valence-electron chi connectivity index (χ3n) is 4.07. The SMILES string of the molecule is COc1ccc(N(CC(=O)NC(C)(C)C)S(=O)(=O)c2ccc(C)cc2)c(OC)c1. The van der Waals surface area contributed by atoms with Gasteiger partial charge in [0.05, 0.1) is 24.8 Å². The lowest BCUT2D eigenvalue weighted by Gasteiger charge is -2.28. The molecule has 2 aromatic carbocycles. The molecule has 0 unspecified atom stereocenters. The predicted octanol–water partition coefficient (Wildman–Crippen LogP) is 3.12. The van der Waals surface area contributed by atoms with E-state index in [2.05, 4.69) is 5.32 Å². The Morgan fingerprint density at radius 1 is 1.03 bits per heavy atom. The van der Waals surface area contributed by atoms with E-state index in [0.717, 1.165) is 9.87 Å². The molecule has 1 N–H and O–H groups in total. The van der Waals surface area contributed by atoms with Gasteiger partial charge in [-0.3, -0.25) is 9.10 Å². The standard InChI is InChI=1S/C21H28N2O5S/c1-15-7-10-17(11-8-15)29(25,26)23(14-20(24)22-21(2,3)4)18-12-9-16(27-5)13-19(18)28-6/h7-13H,14H2,1-6H3,(H,22,24). The summed E-state index contributed by atoms with van der Waals surface area (Å²) in [7, 11) is -1.08. The number of hydrogen-bond acceptors (Lipinski definition) is 5. The zero-order valence-corrected chi connectivity index (χ0v) is 18.5. The average molecular weight is 421 g/mol. The Hall–Kier alpha value is -2.74. The summed E-state index contributed by atoms with van der Waals surface area (Å²) in [6.45, 7) is 6.97. The molecule has 0 aliphatic rings. The maximum atomic E-state index is 13.4. The number of anilines is 1. The number of ether oxygens (including phenoxy) is 2. The maximum absolute atomic E-state index is 13.4. The van der Waals surface area contributed by atoms with Gasteiger partial charge in [0, 0.05) is 11.6 Å². The lowest BCUT2D eigenvalue weighted by Crippen LogP contribution is -2.47. The van der Waals surface area contributed by atoms with Crippen molar-refractivity contribution in [2.45, 2.75) is 38.1 Å². The Kier molecular flexibility index (Phi) is 6.79. The molecule has 0 aliphatic heterocycles. The van der Waals surface area contributed by atoms with E-state index in [9.17, 15) is 13.2 Å². The first kappa shape index (κ1) is 22.5. The van der Waals surface area contributed by atoms with Crippen molar-refractivity contribution >= 4 is 21.6 Å². The summed E-state index contributed by atoms with van der Waals surface area (Å²) in [4.78, 5) is 12.7. The highest BCUT2D eigenvalue weighted by molar-refractivity contribution is 7.92. The number of hydrogen-bond donors (Lipinski definition) is 1. The van der Waals surface area contributed by atoms with Crippen molar-refractivity contribution in [1.29, 1.82) is 0 Å². The van der Waals surface area contributed by atoms with Crippen LogP contribution in [0.5, 0.6) is 11.5 Å². The van der Waals surface area contributed by atoms with Gasteiger partial charge in [-0.05, 0) is 52.0 Å². The van der Waals surface area contributed by atoms with Gasteiger partial charge in [-0.1, -0.05) is 17.7 Å². The molecule has 0 saturated carbocycles. The quantitative estimate of drug-likeness (QED) is 0.744. The van der Waals surface area contributed by atoms with Crippen LogP contribution in [0, 0.1) is 6.92 Å². The molecule has 2 aromatic rings. The van der Waals surface area contributed by atoms with Crippen molar-refractivity contribution in [3.63, 3.8) is 0 Å². The highest BCUT2D eigenvalue weighted by Gasteiger charge is 2.30. The molecule has 0 aliphatic carbocycles. The number of amides is 1. The third-order valence-corrected chi connectivity index (χ3v) is 5.84. The summed E-state index contributed by atoms with van der Waals surface area (Å²) in [5.74, 6) is 0.368. The van der Waals surface area contributed by atoms with Crippen LogP contribution < -0.4 is 19.1 Å². The van der Waals surface area contributed by atoms with E-state index in [4.69, 9.17) is 9.47 Å². The molecule has 2 rings (SSSR count). The smallest absolute Gasteiger partial charge is 0.264 e. The molecule has 1 amide bonds. The van der Waals surface area contributed by atoms with Gasteiger partial charge < -0.3 is 14.8 Å². The Bertz CT molecular complexity index is 964. The molecule has 0 saturated heterocycles. The van der Waals surface area contributed by atoms with Crippen molar-refractivity contribution < 1.29 is 22.7 Å². The van der Waals surface area contributed by atoms with Gasteiger partial charge in [0.2, 0.25) is 5.91 Å². The first-order valence-electron chi connectivity index (χ1n) is 9.10. The molecule has 0 atom stereocenters. The predicted molar refractivity (Wildman–Crippen MR) is 113 cm³/mol. The van der Waals surface area contributed by atoms with Crippen LogP contribution in [0.15, 0.2) is 47.4 Å².